The summed E-state index contributed by atoms with van der Waals surface area (Å²) in [5.74, 6) is -0.0220. The molecule has 7 heteroatoms. The van der Waals surface area contributed by atoms with E-state index in [4.69, 9.17) is 11.6 Å². The molecule has 0 saturated carbocycles. The van der Waals surface area contributed by atoms with E-state index in [0.717, 1.165) is 0 Å². The van der Waals surface area contributed by atoms with Crippen LogP contribution >= 0.6 is 34.2 Å². The van der Waals surface area contributed by atoms with Gasteiger partial charge in [-0.25, -0.2) is 0 Å². The summed E-state index contributed by atoms with van der Waals surface area (Å²) in [6.07, 6.45) is 0. The summed E-state index contributed by atoms with van der Waals surface area (Å²) in [4.78, 5) is 11.8. The lowest BCUT2D eigenvalue weighted by Crippen LogP contribution is -2.13. The molecule has 1 aromatic carbocycles. The van der Waals surface area contributed by atoms with Crippen molar-refractivity contribution in [2.24, 2.45) is 0 Å². The minimum Gasteiger partial charge on any atom is -0.507 e. The second-order valence-corrected chi connectivity index (χ2v) is 4.91. The monoisotopic (exact) mass is 375 g/mol. The normalized spacial score (nSPS) is 10.1. The van der Waals surface area contributed by atoms with Crippen molar-refractivity contribution in [3.8, 4) is 5.75 Å². The number of phenols is 1. The standard InChI is InChI=1S/C11H7ClIN3O2/c12-9-3-4-10(16-15-9)14-11(18)6-1-2-7(13)8(17)5-6/h1-5,17H,(H,14,16,18). The van der Waals surface area contributed by atoms with Crippen molar-refractivity contribution in [1.82, 2.24) is 10.2 Å². The zero-order chi connectivity index (χ0) is 13.1. The number of aromatic hydroxyl groups is 1. The lowest BCUT2D eigenvalue weighted by Gasteiger charge is -2.04. The Hall–Kier alpha value is -1.41. The van der Waals surface area contributed by atoms with Crippen LogP contribution < -0.4 is 5.32 Å². The first-order valence-corrected chi connectivity index (χ1v) is 6.31. The molecular formula is C11H7ClIN3O2. The van der Waals surface area contributed by atoms with Gasteiger partial charge in [0.25, 0.3) is 5.91 Å². The highest BCUT2D eigenvalue weighted by atomic mass is 127. The van der Waals surface area contributed by atoms with Gasteiger partial charge in [0.05, 0.1) is 3.57 Å². The summed E-state index contributed by atoms with van der Waals surface area (Å²) < 4.78 is 0.676. The second-order valence-electron chi connectivity index (χ2n) is 3.36. The van der Waals surface area contributed by atoms with Crippen LogP contribution in [-0.4, -0.2) is 21.2 Å². The fraction of sp³-hybridized carbons (Fsp3) is 0. The Morgan fingerprint density at radius 2 is 2.06 bits per heavy atom. The van der Waals surface area contributed by atoms with Crippen molar-refractivity contribution in [2.45, 2.75) is 0 Å². The lowest BCUT2D eigenvalue weighted by molar-refractivity contribution is 0.102. The molecule has 2 N–H and O–H groups in total. The molecule has 0 aliphatic rings. The van der Waals surface area contributed by atoms with Gasteiger partial charge in [0.2, 0.25) is 0 Å². The number of aromatic nitrogens is 2. The Morgan fingerprint density at radius 3 is 2.67 bits per heavy atom. The number of rotatable bonds is 2. The minimum atomic E-state index is -0.377. The lowest BCUT2D eigenvalue weighted by atomic mass is 10.2. The maximum Gasteiger partial charge on any atom is 0.256 e. The maximum atomic E-state index is 11.8. The van der Waals surface area contributed by atoms with E-state index < -0.39 is 0 Å². The van der Waals surface area contributed by atoms with Gasteiger partial charge in [0.1, 0.15) is 5.75 Å². The van der Waals surface area contributed by atoms with E-state index in [2.05, 4.69) is 15.5 Å². The molecular weight excluding hydrogens is 368 g/mol. The number of hydrogen-bond acceptors (Lipinski definition) is 4. The quantitative estimate of drug-likeness (QED) is 0.792. The Labute approximate surface area is 121 Å². The molecule has 1 heterocycles. The smallest absolute Gasteiger partial charge is 0.256 e. The molecule has 0 aliphatic carbocycles. The van der Waals surface area contributed by atoms with Crippen LogP contribution in [0.15, 0.2) is 30.3 Å². The van der Waals surface area contributed by atoms with E-state index in [1.807, 2.05) is 22.6 Å². The van der Waals surface area contributed by atoms with Gasteiger partial charge in [0, 0.05) is 5.56 Å². The van der Waals surface area contributed by atoms with Gasteiger partial charge in [-0.3, -0.25) is 4.79 Å². The zero-order valence-corrected chi connectivity index (χ0v) is 11.8. The molecule has 2 rings (SSSR count). The predicted molar refractivity (Wildman–Crippen MR) is 75.8 cm³/mol. The fourth-order valence-electron chi connectivity index (χ4n) is 1.23. The van der Waals surface area contributed by atoms with Crippen molar-refractivity contribution in [3.63, 3.8) is 0 Å². The van der Waals surface area contributed by atoms with Crippen LogP contribution in [0, 0.1) is 3.57 Å². The SMILES string of the molecule is O=C(Nc1ccc(Cl)nn1)c1ccc(I)c(O)c1. The largest absolute Gasteiger partial charge is 0.507 e. The third-order valence-electron chi connectivity index (χ3n) is 2.08. The number of nitrogens with zero attached hydrogens (tertiary/aromatic N) is 2. The number of phenolic OH excluding ortho intramolecular Hbond substituents is 1. The van der Waals surface area contributed by atoms with Gasteiger partial charge >= 0.3 is 0 Å². The van der Waals surface area contributed by atoms with Gasteiger partial charge in [-0.1, -0.05) is 11.6 Å². The van der Waals surface area contributed by atoms with Gasteiger partial charge in [-0.15, -0.1) is 10.2 Å². The summed E-state index contributed by atoms with van der Waals surface area (Å²) in [5.41, 5.74) is 0.338. The number of carbonyl (C=O) groups excluding carboxylic acids is 1. The van der Waals surface area contributed by atoms with Crippen molar-refractivity contribution in [2.75, 3.05) is 5.32 Å². The summed E-state index contributed by atoms with van der Waals surface area (Å²) in [6, 6.07) is 7.72. The molecule has 5 nitrogen and oxygen atoms in total. The molecule has 0 unspecified atom stereocenters. The molecule has 0 saturated heterocycles. The van der Waals surface area contributed by atoms with Crippen molar-refractivity contribution in [3.05, 3.63) is 44.6 Å². The number of nitrogens with one attached hydrogen (secondary N) is 1. The molecule has 0 spiro atoms. The van der Waals surface area contributed by atoms with Gasteiger partial charge in [-0.2, -0.15) is 0 Å². The third-order valence-corrected chi connectivity index (χ3v) is 3.20. The maximum absolute atomic E-state index is 11.8. The van der Waals surface area contributed by atoms with E-state index in [9.17, 15) is 9.90 Å². The molecule has 92 valence electrons. The Balaban J connectivity index is 2.16. The van der Waals surface area contributed by atoms with Crippen LogP contribution in [0.3, 0.4) is 0 Å². The van der Waals surface area contributed by atoms with Gasteiger partial charge in [-0.05, 0) is 52.9 Å². The van der Waals surface area contributed by atoms with Crippen LogP contribution in [0.4, 0.5) is 5.82 Å². The van der Waals surface area contributed by atoms with Crippen LogP contribution in [0.2, 0.25) is 5.15 Å². The van der Waals surface area contributed by atoms with E-state index in [0.29, 0.717) is 15.0 Å². The zero-order valence-electron chi connectivity index (χ0n) is 8.89. The second kappa shape index (κ2) is 5.49. The number of benzene rings is 1. The summed E-state index contributed by atoms with van der Waals surface area (Å²) in [7, 11) is 0. The molecule has 0 atom stereocenters. The number of anilines is 1. The van der Waals surface area contributed by atoms with Crippen LogP contribution in [0.25, 0.3) is 0 Å². The molecule has 0 bridgehead atoms. The van der Waals surface area contributed by atoms with E-state index >= 15 is 0 Å². The topological polar surface area (TPSA) is 75.1 Å². The van der Waals surface area contributed by atoms with Crippen LogP contribution in [-0.2, 0) is 0 Å². The van der Waals surface area contributed by atoms with E-state index in [1.165, 1.54) is 12.1 Å². The van der Waals surface area contributed by atoms with E-state index in [-0.39, 0.29) is 16.8 Å². The third kappa shape index (κ3) is 3.08. The molecule has 18 heavy (non-hydrogen) atoms. The molecule has 0 fully saturated rings. The molecule has 2 aromatic rings. The van der Waals surface area contributed by atoms with Gasteiger partial charge in [0.15, 0.2) is 11.0 Å². The first-order chi connectivity index (χ1) is 8.56. The number of hydrogen-bond donors (Lipinski definition) is 2. The highest BCUT2D eigenvalue weighted by molar-refractivity contribution is 14.1. The highest BCUT2D eigenvalue weighted by Crippen LogP contribution is 2.21. The number of amides is 1. The average molecular weight is 376 g/mol. The Kier molecular flexibility index (Phi) is 3.97. The summed E-state index contributed by atoms with van der Waals surface area (Å²) in [5, 5.41) is 19.6. The summed E-state index contributed by atoms with van der Waals surface area (Å²) in [6.45, 7) is 0. The number of carbonyl (C=O) groups is 1. The molecule has 0 aliphatic heterocycles. The highest BCUT2D eigenvalue weighted by Gasteiger charge is 2.09. The predicted octanol–water partition coefficient (Wildman–Crippen LogP) is 2.69. The van der Waals surface area contributed by atoms with Gasteiger partial charge < -0.3 is 10.4 Å². The van der Waals surface area contributed by atoms with Crippen molar-refractivity contribution >= 4 is 45.9 Å². The van der Waals surface area contributed by atoms with Crippen LogP contribution in [0.5, 0.6) is 5.75 Å². The van der Waals surface area contributed by atoms with E-state index in [1.54, 1.807) is 18.2 Å². The summed E-state index contributed by atoms with van der Waals surface area (Å²) >= 11 is 7.56. The number of halogens is 2. The van der Waals surface area contributed by atoms with Crippen molar-refractivity contribution in [1.29, 1.82) is 0 Å². The molecule has 1 amide bonds. The Morgan fingerprint density at radius 1 is 1.28 bits per heavy atom. The first kappa shape index (κ1) is 13.0. The minimum absolute atomic E-state index is 0.0606. The molecule has 0 radical (unpaired) electrons. The average Bonchev–Trinajstić information content (AvgIpc) is 2.35. The first-order valence-electron chi connectivity index (χ1n) is 4.85. The fourth-order valence-corrected chi connectivity index (χ4v) is 1.66. The Bertz CT molecular complexity index is 589. The molecule has 1 aromatic heterocycles. The van der Waals surface area contributed by atoms with Crippen LogP contribution in [0.1, 0.15) is 10.4 Å². The van der Waals surface area contributed by atoms with Crippen molar-refractivity contribution < 1.29 is 9.90 Å².